The fourth-order valence-electron chi connectivity index (χ4n) is 2.50. The van der Waals surface area contributed by atoms with Crippen LogP contribution in [0.5, 0.6) is 0 Å². The fraction of sp³-hybridized carbons (Fsp3) is 0.211. The smallest absolute Gasteiger partial charge is 0.266 e. The fourth-order valence-corrected chi connectivity index (χ4v) is 2.67. The molecule has 0 saturated heterocycles. The molecule has 0 spiro atoms. The number of nitrogens with one attached hydrogen (secondary N) is 1. The van der Waals surface area contributed by atoms with Crippen LogP contribution in [0, 0.1) is 6.92 Å². The molecule has 1 N–H and O–H groups in total. The van der Waals surface area contributed by atoms with Gasteiger partial charge >= 0.3 is 0 Å². The van der Waals surface area contributed by atoms with Gasteiger partial charge in [0.25, 0.3) is 5.56 Å². The summed E-state index contributed by atoms with van der Waals surface area (Å²) in [7, 11) is 0. The summed E-state index contributed by atoms with van der Waals surface area (Å²) in [5, 5.41) is 7.69. The van der Waals surface area contributed by atoms with E-state index in [0.29, 0.717) is 35.1 Å². The molecule has 0 radical (unpaired) electrons. The van der Waals surface area contributed by atoms with Gasteiger partial charge in [0.15, 0.2) is 5.76 Å². The average molecular weight is 372 g/mol. The maximum absolute atomic E-state index is 12.1. The third-order valence-electron chi connectivity index (χ3n) is 3.89. The van der Waals surface area contributed by atoms with Crippen molar-refractivity contribution in [1.29, 1.82) is 0 Å². The lowest BCUT2D eigenvalue weighted by atomic mass is 10.2. The molecule has 0 bridgehead atoms. The zero-order valence-corrected chi connectivity index (χ0v) is 15.0. The largest absolute Gasteiger partial charge is 0.463 e. The molecular weight excluding hydrogens is 354 g/mol. The highest BCUT2D eigenvalue weighted by Crippen LogP contribution is 2.20. The molecule has 0 saturated carbocycles. The summed E-state index contributed by atoms with van der Waals surface area (Å²) in [6, 6.07) is 11.9. The summed E-state index contributed by atoms with van der Waals surface area (Å²) in [5.74, 6) is 0.457. The quantitative estimate of drug-likeness (QED) is 0.713. The SMILES string of the molecule is Cc1ccc(Cl)cc1NC(=O)CCCn1nc(-c2ccco2)ccc1=O. The Bertz CT molecular complexity index is 964. The van der Waals surface area contributed by atoms with Crippen molar-refractivity contribution < 1.29 is 9.21 Å². The van der Waals surface area contributed by atoms with Gasteiger partial charge in [-0.15, -0.1) is 0 Å². The molecule has 134 valence electrons. The number of aromatic nitrogens is 2. The molecule has 3 aromatic rings. The number of anilines is 1. The molecule has 1 aromatic carbocycles. The molecule has 3 rings (SSSR count). The summed E-state index contributed by atoms with van der Waals surface area (Å²) in [6.07, 6.45) is 2.31. The zero-order valence-electron chi connectivity index (χ0n) is 14.2. The second-order valence-electron chi connectivity index (χ2n) is 5.87. The third kappa shape index (κ3) is 4.40. The minimum absolute atomic E-state index is 0.134. The van der Waals surface area contributed by atoms with Crippen LogP contribution in [0.25, 0.3) is 11.5 Å². The van der Waals surface area contributed by atoms with E-state index >= 15 is 0 Å². The standard InChI is InChI=1S/C19H18ClN3O3/c1-13-6-7-14(20)12-16(13)21-18(24)5-2-10-23-19(25)9-8-15(22-23)17-4-3-11-26-17/h3-4,6-9,11-12H,2,5,10H2,1H3,(H,21,24). The normalized spacial score (nSPS) is 10.7. The van der Waals surface area contributed by atoms with Gasteiger partial charge < -0.3 is 9.73 Å². The summed E-state index contributed by atoms with van der Waals surface area (Å²) in [6.45, 7) is 2.24. The molecule has 0 aliphatic heterocycles. The first-order chi connectivity index (χ1) is 12.5. The first-order valence-electron chi connectivity index (χ1n) is 8.21. The molecule has 2 heterocycles. The number of nitrogens with zero attached hydrogens (tertiary/aromatic N) is 2. The van der Waals surface area contributed by atoms with Crippen molar-refractivity contribution in [1.82, 2.24) is 9.78 Å². The zero-order chi connectivity index (χ0) is 18.5. The number of aryl methyl sites for hydroxylation is 2. The molecule has 0 unspecified atom stereocenters. The molecule has 7 heteroatoms. The van der Waals surface area contributed by atoms with Gasteiger partial charge in [0.05, 0.1) is 6.26 Å². The highest BCUT2D eigenvalue weighted by molar-refractivity contribution is 6.31. The van der Waals surface area contributed by atoms with E-state index in [-0.39, 0.29) is 17.9 Å². The highest BCUT2D eigenvalue weighted by atomic mass is 35.5. The Morgan fingerprint density at radius 2 is 2.12 bits per heavy atom. The minimum atomic E-state index is -0.216. The van der Waals surface area contributed by atoms with Crippen LogP contribution < -0.4 is 10.9 Å². The van der Waals surface area contributed by atoms with Gasteiger partial charge in [-0.2, -0.15) is 5.10 Å². The maximum Gasteiger partial charge on any atom is 0.266 e. The van der Waals surface area contributed by atoms with Crippen LogP contribution in [0.4, 0.5) is 5.69 Å². The summed E-state index contributed by atoms with van der Waals surface area (Å²) in [4.78, 5) is 24.1. The van der Waals surface area contributed by atoms with E-state index in [4.69, 9.17) is 16.0 Å². The number of hydrogen-bond acceptors (Lipinski definition) is 4. The average Bonchev–Trinajstić information content (AvgIpc) is 3.14. The molecule has 1 amide bonds. The minimum Gasteiger partial charge on any atom is -0.463 e. The summed E-state index contributed by atoms with van der Waals surface area (Å²) < 4.78 is 6.63. The number of carbonyl (C=O) groups excluding carboxylic acids is 1. The topological polar surface area (TPSA) is 77.1 Å². The molecular formula is C19H18ClN3O3. The second kappa shape index (κ2) is 8.01. The van der Waals surface area contributed by atoms with Crippen LogP contribution in [0.2, 0.25) is 5.02 Å². The molecule has 26 heavy (non-hydrogen) atoms. The van der Waals surface area contributed by atoms with Crippen LogP contribution in [-0.2, 0) is 11.3 Å². The lowest BCUT2D eigenvalue weighted by molar-refractivity contribution is -0.116. The van der Waals surface area contributed by atoms with Crippen molar-refractivity contribution in [2.24, 2.45) is 0 Å². The lowest BCUT2D eigenvalue weighted by Crippen LogP contribution is -2.23. The number of carbonyl (C=O) groups is 1. The molecule has 0 fully saturated rings. The summed E-state index contributed by atoms with van der Waals surface area (Å²) >= 11 is 5.95. The monoisotopic (exact) mass is 371 g/mol. The van der Waals surface area contributed by atoms with Crippen LogP contribution in [-0.4, -0.2) is 15.7 Å². The third-order valence-corrected chi connectivity index (χ3v) is 4.12. The first-order valence-corrected chi connectivity index (χ1v) is 8.59. The van der Waals surface area contributed by atoms with Crippen LogP contribution >= 0.6 is 11.6 Å². The molecule has 0 atom stereocenters. The Hall–Kier alpha value is -2.86. The van der Waals surface area contributed by atoms with E-state index < -0.39 is 0 Å². The van der Waals surface area contributed by atoms with Gasteiger partial charge in [-0.05, 0) is 49.2 Å². The van der Waals surface area contributed by atoms with Crippen molar-refractivity contribution in [3.05, 3.63) is 69.7 Å². The van der Waals surface area contributed by atoms with Crippen LogP contribution in [0.1, 0.15) is 18.4 Å². The molecule has 6 nitrogen and oxygen atoms in total. The lowest BCUT2D eigenvalue weighted by Gasteiger charge is -2.09. The Balaban J connectivity index is 1.59. The van der Waals surface area contributed by atoms with Crippen molar-refractivity contribution in [2.45, 2.75) is 26.3 Å². The molecule has 0 aliphatic rings. The molecule has 0 aliphatic carbocycles. The predicted octanol–water partition coefficient (Wildman–Crippen LogP) is 3.88. The number of furan rings is 1. The predicted molar refractivity (Wildman–Crippen MR) is 100 cm³/mol. The Labute approximate surface area is 155 Å². The van der Waals surface area contributed by atoms with E-state index in [2.05, 4.69) is 10.4 Å². The summed E-state index contributed by atoms with van der Waals surface area (Å²) in [5.41, 5.74) is 1.99. The van der Waals surface area contributed by atoms with E-state index in [1.807, 2.05) is 13.0 Å². The van der Waals surface area contributed by atoms with Crippen LogP contribution in [0.3, 0.4) is 0 Å². The second-order valence-corrected chi connectivity index (χ2v) is 6.30. The van der Waals surface area contributed by atoms with E-state index in [1.54, 1.807) is 36.6 Å². The van der Waals surface area contributed by atoms with Gasteiger partial charge in [0, 0.05) is 29.7 Å². The highest BCUT2D eigenvalue weighted by Gasteiger charge is 2.08. The maximum atomic E-state index is 12.1. The van der Waals surface area contributed by atoms with E-state index in [9.17, 15) is 9.59 Å². The van der Waals surface area contributed by atoms with Crippen molar-refractivity contribution in [2.75, 3.05) is 5.32 Å². The Kier molecular flexibility index (Phi) is 5.53. The van der Waals surface area contributed by atoms with E-state index in [0.717, 1.165) is 5.56 Å². The van der Waals surface area contributed by atoms with Gasteiger partial charge in [-0.1, -0.05) is 17.7 Å². The number of amides is 1. The first kappa shape index (κ1) is 17.9. The van der Waals surface area contributed by atoms with E-state index in [1.165, 1.54) is 10.7 Å². The van der Waals surface area contributed by atoms with Crippen molar-refractivity contribution in [3.8, 4) is 11.5 Å². The van der Waals surface area contributed by atoms with Crippen LogP contribution in [0.15, 0.2) is 57.9 Å². The van der Waals surface area contributed by atoms with Gasteiger partial charge in [-0.3, -0.25) is 9.59 Å². The Morgan fingerprint density at radius 3 is 2.88 bits per heavy atom. The number of rotatable bonds is 6. The number of halogens is 1. The number of benzene rings is 1. The van der Waals surface area contributed by atoms with Gasteiger partial charge in [0.1, 0.15) is 5.69 Å². The number of hydrogen-bond donors (Lipinski definition) is 1. The van der Waals surface area contributed by atoms with Crippen molar-refractivity contribution in [3.63, 3.8) is 0 Å². The van der Waals surface area contributed by atoms with Crippen molar-refractivity contribution >= 4 is 23.2 Å². The molecule has 2 aromatic heterocycles. The van der Waals surface area contributed by atoms with Gasteiger partial charge in [-0.25, -0.2) is 4.68 Å². The van der Waals surface area contributed by atoms with Gasteiger partial charge in [0.2, 0.25) is 5.91 Å². The Morgan fingerprint density at radius 1 is 1.27 bits per heavy atom.